The molecule has 0 aliphatic heterocycles. The zero-order chi connectivity index (χ0) is 23.4. The minimum atomic E-state index is -0.901. The van der Waals surface area contributed by atoms with Crippen molar-refractivity contribution in [2.75, 3.05) is 0 Å². The number of esters is 1. The lowest BCUT2D eigenvalue weighted by Gasteiger charge is -2.27. The van der Waals surface area contributed by atoms with E-state index in [0.29, 0.717) is 17.9 Å². The second-order valence-corrected chi connectivity index (χ2v) is 8.32. The third-order valence-corrected chi connectivity index (χ3v) is 5.99. The summed E-state index contributed by atoms with van der Waals surface area (Å²) in [6.07, 6.45) is 2.01. The number of hydrogen-bond donors (Lipinski definition) is 1. The van der Waals surface area contributed by atoms with Crippen molar-refractivity contribution in [1.82, 2.24) is 10.5 Å². The molecule has 2 aromatic carbocycles. The normalized spacial score (nSPS) is 15.9. The summed E-state index contributed by atoms with van der Waals surface area (Å²) in [5.41, 5.74) is 4.44. The van der Waals surface area contributed by atoms with Crippen LogP contribution < -0.4 is 10.1 Å². The molecule has 7 heteroatoms. The number of rotatable bonds is 7. The van der Waals surface area contributed by atoms with Crippen LogP contribution in [0, 0.1) is 13.8 Å². The van der Waals surface area contributed by atoms with Crippen LogP contribution in [0.3, 0.4) is 0 Å². The number of carbonyl (C=O) groups excluding carboxylic acids is 2. The Bertz CT molecular complexity index is 1120. The smallest absolute Gasteiger partial charge is 0.338 e. The van der Waals surface area contributed by atoms with E-state index in [9.17, 15) is 9.59 Å². The lowest BCUT2D eigenvalue weighted by molar-refractivity contribution is -0.130. The van der Waals surface area contributed by atoms with Crippen LogP contribution in [0.25, 0.3) is 0 Å². The molecule has 1 aliphatic carbocycles. The largest absolute Gasteiger partial charge is 0.489 e. The van der Waals surface area contributed by atoms with Gasteiger partial charge >= 0.3 is 5.97 Å². The Morgan fingerprint density at radius 3 is 2.64 bits per heavy atom. The number of aromatic nitrogens is 1. The second kappa shape index (κ2) is 9.90. The molecule has 7 nitrogen and oxygen atoms in total. The van der Waals surface area contributed by atoms with E-state index in [0.717, 1.165) is 41.8 Å². The molecular formula is C26H28N2O5. The van der Waals surface area contributed by atoms with Gasteiger partial charge in [0, 0.05) is 0 Å². The van der Waals surface area contributed by atoms with Crippen LogP contribution in [-0.4, -0.2) is 23.1 Å². The third kappa shape index (κ3) is 5.25. The van der Waals surface area contributed by atoms with Crippen LogP contribution in [0.1, 0.15) is 64.3 Å². The van der Waals surface area contributed by atoms with Gasteiger partial charge in [-0.3, -0.25) is 4.79 Å². The molecule has 0 saturated heterocycles. The van der Waals surface area contributed by atoms with E-state index in [2.05, 4.69) is 16.5 Å². The van der Waals surface area contributed by atoms with Gasteiger partial charge in [-0.15, -0.1) is 0 Å². The zero-order valence-electron chi connectivity index (χ0n) is 19.1. The summed E-state index contributed by atoms with van der Waals surface area (Å²) in [5, 5.41) is 6.94. The highest BCUT2D eigenvalue weighted by Crippen LogP contribution is 2.29. The molecule has 2 atom stereocenters. The predicted molar refractivity (Wildman–Crippen MR) is 122 cm³/mol. The van der Waals surface area contributed by atoms with Crippen LogP contribution in [0.4, 0.5) is 0 Å². The van der Waals surface area contributed by atoms with E-state index in [4.69, 9.17) is 14.0 Å². The molecule has 0 bridgehead atoms. The van der Waals surface area contributed by atoms with E-state index in [1.165, 1.54) is 5.56 Å². The van der Waals surface area contributed by atoms with Gasteiger partial charge in [-0.25, -0.2) is 4.79 Å². The molecule has 0 saturated carbocycles. The van der Waals surface area contributed by atoms with E-state index >= 15 is 0 Å². The summed E-state index contributed by atoms with van der Waals surface area (Å²) in [4.78, 5) is 25.2. The number of nitrogens with zero attached hydrogens (tertiary/aromatic N) is 1. The molecule has 1 aromatic heterocycles. The van der Waals surface area contributed by atoms with E-state index in [1.807, 2.05) is 32.0 Å². The molecule has 1 aliphatic rings. The van der Waals surface area contributed by atoms with Crippen molar-refractivity contribution in [1.29, 1.82) is 0 Å². The average molecular weight is 449 g/mol. The maximum Gasteiger partial charge on any atom is 0.338 e. The Hall–Kier alpha value is -3.61. The average Bonchev–Trinajstić information content (AvgIpc) is 3.15. The topological polar surface area (TPSA) is 90.7 Å². The van der Waals surface area contributed by atoms with E-state index < -0.39 is 12.1 Å². The molecular weight excluding hydrogens is 420 g/mol. The summed E-state index contributed by atoms with van der Waals surface area (Å²) < 4.78 is 16.3. The molecule has 33 heavy (non-hydrogen) atoms. The molecule has 172 valence electrons. The number of amides is 1. The van der Waals surface area contributed by atoms with Gasteiger partial charge in [0.1, 0.15) is 18.1 Å². The van der Waals surface area contributed by atoms with Crippen LogP contribution >= 0.6 is 0 Å². The Kier molecular flexibility index (Phi) is 6.77. The number of benzene rings is 2. The fourth-order valence-electron chi connectivity index (χ4n) is 4.03. The number of ether oxygens (including phenoxy) is 2. The van der Waals surface area contributed by atoms with Gasteiger partial charge in [0.25, 0.3) is 5.91 Å². The first-order valence-electron chi connectivity index (χ1n) is 11.2. The molecule has 1 amide bonds. The SMILES string of the molecule is Cc1noc(C)c1COc1ccc(C(=O)O[C@@H](C)C(=O)N[C@@H]2CCCc3ccccc32)cc1. The Balaban J connectivity index is 1.31. The van der Waals surface area contributed by atoms with E-state index in [1.54, 1.807) is 31.2 Å². The summed E-state index contributed by atoms with van der Waals surface area (Å²) in [6, 6.07) is 14.7. The van der Waals surface area contributed by atoms with Crippen LogP contribution in [0.15, 0.2) is 53.1 Å². The summed E-state index contributed by atoms with van der Waals surface area (Å²) >= 11 is 0. The van der Waals surface area contributed by atoms with Crippen molar-refractivity contribution >= 4 is 11.9 Å². The monoisotopic (exact) mass is 448 g/mol. The fourth-order valence-corrected chi connectivity index (χ4v) is 4.03. The van der Waals surface area contributed by atoms with Crippen LogP contribution in [0.2, 0.25) is 0 Å². The molecule has 1 heterocycles. The van der Waals surface area contributed by atoms with Crippen molar-refractivity contribution in [3.63, 3.8) is 0 Å². The van der Waals surface area contributed by atoms with Crippen molar-refractivity contribution in [3.8, 4) is 5.75 Å². The molecule has 0 fully saturated rings. The summed E-state index contributed by atoms with van der Waals surface area (Å²) in [5.74, 6) is 0.466. The van der Waals surface area contributed by atoms with Crippen molar-refractivity contribution < 1.29 is 23.6 Å². The van der Waals surface area contributed by atoms with Gasteiger partial charge in [-0.2, -0.15) is 0 Å². The minimum absolute atomic E-state index is 0.0577. The number of aryl methyl sites for hydroxylation is 3. The molecule has 0 radical (unpaired) electrons. The maximum atomic E-state index is 12.7. The van der Waals surface area contributed by atoms with Gasteiger partial charge in [-0.05, 0) is 75.4 Å². The Labute approximate surface area is 193 Å². The van der Waals surface area contributed by atoms with Gasteiger partial charge in [0.2, 0.25) is 0 Å². The van der Waals surface area contributed by atoms with Gasteiger partial charge in [-0.1, -0.05) is 29.4 Å². The highest BCUT2D eigenvalue weighted by Gasteiger charge is 2.25. The zero-order valence-corrected chi connectivity index (χ0v) is 19.1. The van der Waals surface area contributed by atoms with Crippen LogP contribution in [-0.2, 0) is 22.6 Å². The standard InChI is InChI=1S/C26H28N2O5/c1-16-23(17(2)33-28-16)15-31-21-13-11-20(12-14-21)26(30)32-18(3)25(29)27-24-10-6-8-19-7-4-5-9-22(19)24/h4-5,7,9,11-14,18,24H,6,8,10,15H2,1-3H3,(H,27,29)/t18-,24+/m0/s1. The molecule has 4 rings (SSSR count). The lowest BCUT2D eigenvalue weighted by atomic mass is 9.87. The molecule has 0 spiro atoms. The quantitative estimate of drug-likeness (QED) is 0.531. The molecule has 1 N–H and O–H groups in total. The fraction of sp³-hybridized carbons (Fsp3) is 0.346. The van der Waals surface area contributed by atoms with Gasteiger partial charge in [0.15, 0.2) is 6.10 Å². The van der Waals surface area contributed by atoms with Crippen molar-refractivity contribution in [2.45, 2.75) is 58.8 Å². The maximum absolute atomic E-state index is 12.7. The summed E-state index contributed by atoms with van der Waals surface area (Å²) in [6.45, 7) is 5.61. The van der Waals surface area contributed by atoms with Crippen molar-refractivity contribution in [3.05, 3.63) is 82.2 Å². The van der Waals surface area contributed by atoms with Crippen LogP contribution in [0.5, 0.6) is 5.75 Å². The highest BCUT2D eigenvalue weighted by molar-refractivity contribution is 5.92. The third-order valence-electron chi connectivity index (χ3n) is 5.99. The Morgan fingerprint density at radius 1 is 1.15 bits per heavy atom. The Morgan fingerprint density at radius 2 is 1.91 bits per heavy atom. The first-order valence-corrected chi connectivity index (χ1v) is 11.2. The van der Waals surface area contributed by atoms with Crippen molar-refractivity contribution in [2.24, 2.45) is 0 Å². The molecule has 3 aromatic rings. The van der Waals surface area contributed by atoms with Gasteiger partial charge < -0.3 is 19.3 Å². The number of nitrogens with one attached hydrogen (secondary N) is 1. The van der Waals surface area contributed by atoms with E-state index in [-0.39, 0.29) is 11.9 Å². The number of carbonyl (C=O) groups is 2. The predicted octanol–water partition coefficient (Wildman–Crippen LogP) is 4.61. The number of fused-ring (bicyclic) bond motifs is 1. The first-order chi connectivity index (χ1) is 15.9. The second-order valence-electron chi connectivity index (χ2n) is 8.32. The summed E-state index contributed by atoms with van der Waals surface area (Å²) in [7, 11) is 0. The highest BCUT2D eigenvalue weighted by atomic mass is 16.5. The number of hydrogen-bond acceptors (Lipinski definition) is 6. The molecule has 0 unspecified atom stereocenters. The first kappa shape index (κ1) is 22.6. The minimum Gasteiger partial charge on any atom is -0.489 e. The van der Waals surface area contributed by atoms with Gasteiger partial charge in [0.05, 0.1) is 22.9 Å². The lowest BCUT2D eigenvalue weighted by Crippen LogP contribution is -2.39.